The Balaban J connectivity index is 3.03. The summed E-state index contributed by atoms with van der Waals surface area (Å²) in [6.45, 7) is 1.86. The summed E-state index contributed by atoms with van der Waals surface area (Å²) in [6, 6.07) is 3.66. The Morgan fingerprint density at radius 1 is 1.40 bits per heavy atom. The van der Waals surface area contributed by atoms with Gasteiger partial charge in [0.25, 0.3) is 11.6 Å². The number of carbonyl (C=O) groups excluding carboxylic acids is 2. The molecular formula is C12H15N3O5. The quantitative estimate of drug-likeness (QED) is 0.458. The third-order valence-electron chi connectivity index (χ3n) is 2.36. The van der Waals surface area contributed by atoms with Crippen LogP contribution in [0.5, 0.6) is 0 Å². The minimum absolute atomic E-state index is 0.0329. The smallest absolute Gasteiger partial charge is 0.270 e. The molecule has 0 aliphatic heterocycles. The zero-order valence-electron chi connectivity index (χ0n) is 11.1. The second kappa shape index (κ2) is 7.19. The van der Waals surface area contributed by atoms with E-state index in [1.165, 1.54) is 26.2 Å². The zero-order valence-corrected chi connectivity index (χ0v) is 11.1. The van der Waals surface area contributed by atoms with Gasteiger partial charge in [0.05, 0.1) is 22.8 Å². The molecule has 0 atom stereocenters. The summed E-state index contributed by atoms with van der Waals surface area (Å²) in [4.78, 5) is 33.2. The second-order valence-electron chi connectivity index (χ2n) is 3.92. The van der Waals surface area contributed by atoms with Gasteiger partial charge in [0, 0.05) is 32.7 Å². The van der Waals surface area contributed by atoms with E-state index in [9.17, 15) is 19.7 Å². The lowest BCUT2D eigenvalue weighted by atomic mass is 10.1. The molecular weight excluding hydrogens is 266 g/mol. The normalized spacial score (nSPS) is 9.90. The first-order chi connectivity index (χ1) is 9.45. The molecule has 0 radical (unpaired) electrons. The number of nitro benzene ring substituents is 1. The van der Waals surface area contributed by atoms with Gasteiger partial charge in [-0.2, -0.15) is 0 Å². The molecule has 8 heteroatoms. The maximum absolute atomic E-state index is 12.0. The van der Waals surface area contributed by atoms with E-state index in [4.69, 9.17) is 4.74 Å². The highest BCUT2D eigenvalue weighted by atomic mass is 16.6. The van der Waals surface area contributed by atoms with E-state index in [0.717, 1.165) is 6.07 Å². The number of rotatable bonds is 6. The summed E-state index contributed by atoms with van der Waals surface area (Å²) < 4.78 is 4.79. The van der Waals surface area contributed by atoms with Crippen molar-refractivity contribution in [3.63, 3.8) is 0 Å². The topological polar surface area (TPSA) is 111 Å². The minimum atomic E-state index is -0.608. The molecule has 0 heterocycles. The van der Waals surface area contributed by atoms with E-state index < -0.39 is 10.8 Å². The van der Waals surface area contributed by atoms with Crippen molar-refractivity contribution >= 4 is 23.2 Å². The maximum Gasteiger partial charge on any atom is 0.270 e. The van der Waals surface area contributed by atoms with E-state index in [2.05, 4.69) is 10.6 Å². The molecule has 0 unspecified atom stereocenters. The molecule has 0 aliphatic carbocycles. The van der Waals surface area contributed by atoms with Crippen molar-refractivity contribution in [2.45, 2.75) is 6.92 Å². The fourth-order valence-electron chi connectivity index (χ4n) is 1.49. The molecule has 0 spiro atoms. The number of non-ortho nitro benzene ring substituents is 1. The summed E-state index contributed by atoms with van der Waals surface area (Å²) in [7, 11) is 1.49. The van der Waals surface area contributed by atoms with Crippen molar-refractivity contribution in [1.82, 2.24) is 5.32 Å². The molecule has 8 nitrogen and oxygen atoms in total. The SMILES string of the molecule is COCCNC(=O)c1cc([N+](=O)[O-])ccc1NC(C)=O. The molecule has 2 N–H and O–H groups in total. The monoisotopic (exact) mass is 281 g/mol. The number of nitrogens with one attached hydrogen (secondary N) is 2. The van der Waals surface area contributed by atoms with Crippen LogP contribution in [0.1, 0.15) is 17.3 Å². The predicted octanol–water partition coefficient (Wildman–Crippen LogP) is 0.929. The first kappa shape index (κ1) is 15.6. The zero-order chi connectivity index (χ0) is 15.1. The molecule has 2 amide bonds. The lowest BCUT2D eigenvalue weighted by Crippen LogP contribution is -2.28. The number of benzene rings is 1. The lowest BCUT2D eigenvalue weighted by molar-refractivity contribution is -0.384. The van der Waals surface area contributed by atoms with Gasteiger partial charge < -0.3 is 15.4 Å². The van der Waals surface area contributed by atoms with Gasteiger partial charge in [-0.05, 0) is 6.07 Å². The number of nitrogens with zero attached hydrogens (tertiary/aromatic N) is 1. The number of hydrogen-bond donors (Lipinski definition) is 2. The Hall–Kier alpha value is -2.48. The molecule has 0 bridgehead atoms. The number of carbonyl (C=O) groups is 2. The first-order valence-electron chi connectivity index (χ1n) is 5.79. The summed E-state index contributed by atoms with van der Waals surface area (Å²) in [5.74, 6) is -0.890. The molecule has 0 aromatic heterocycles. The second-order valence-corrected chi connectivity index (χ2v) is 3.92. The van der Waals surface area contributed by atoms with Crippen LogP contribution in [0.15, 0.2) is 18.2 Å². The van der Waals surface area contributed by atoms with Crippen molar-refractivity contribution in [3.8, 4) is 0 Å². The fourth-order valence-corrected chi connectivity index (χ4v) is 1.49. The van der Waals surface area contributed by atoms with Gasteiger partial charge in [-0.25, -0.2) is 0 Å². The van der Waals surface area contributed by atoms with E-state index in [1.54, 1.807) is 0 Å². The summed E-state index contributed by atoms with van der Waals surface area (Å²) in [6.07, 6.45) is 0. The highest BCUT2D eigenvalue weighted by molar-refractivity contribution is 6.03. The van der Waals surface area contributed by atoms with Gasteiger partial charge >= 0.3 is 0 Å². The predicted molar refractivity (Wildman–Crippen MR) is 71.6 cm³/mol. The van der Waals surface area contributed by atoms with Gasteiger partial charge in [0.1, 0.15) is 0 Å². The van der Waals surface area contributed by atoms with E-state index in [1.807, 2.05) is 0 Å². The van der Waals surface area contributed by atoms with E-state index in [0.29, 0.717) is 6.61 Å². The van der Waals surface area contributed by atoms with Crippen LogP contribution in [0.25, 0.3) is 0 Å². The number of methoxy groups -OCH3 is 1. The Morgan fingerprint density at radius 2 is 2.10 bits per heavy atom. The summed E-state index contributed by atoms with van der Waals surface area (Å²) >= 11 is 0. The molecule has 1 aromatic rings. The van der Waals surface area contributed by atoms with E-state index in [-0.39, 0.29) is 29.4 Å². The van der Waals surface area contributed by atoms with Crippen molar-refractivity contribution in [2.75, 3.05) is 25.6 Å². The molecule has 108 valence electrons. The van der Waals surface area contributed by atoms with Crippen molar-refractivity contribution in [2.24, 2.45) is 0 Å². The Bertz CT molecular complexity index is 530. The molecule has 0 saturated heterocycles. The average molecular weight is 281 g/mol. The molecule has 0 aliphatic rings. The third kappa shape index (κ3) is 4.32. The summed E-state index contributed by atoms with van der Waals surface area (Å²) in [5.41, 5.74) is 0.0273. The highest BCUT2D eigenvalue weighted by Crippen LogP contribution is 2.22. The number of hydrogen-bond acceptors (Lipinski definition) is 5. The maximum atomic E-state index is 12.0. The Kier molecular flexibility index (Phi) is 5.60. The molecule has 1 rings (SSSR count). The van der Waals surface area contributed by atoms with E-state index >= 15 is 0 Å². The minimum Gasteiger partial charge on any atom is -0.383 e. The van der Waals surface area contributed by atoms with Crippen molar-refractivity contribution in [3.05, 3.63) is 33.9 Å². The largest absolute Gasteiger partial charge is 0.383 e. The average Bonchev–Trinajstić information content (AvgIpc) is 2.38. The van der Waals surface area contributed by atoms with Crippen LogP contribution in [-0.2, 0) is 9.53 Å². The van der Waals surface area contributed by atoms with Crippen molar-refractivity contribution in [1.29, 1.82) is 0 Å². The van der Waals surface area contributed by atoms with Crippen LogP contribution in [0, 0.1) is 10.1 Å². The van der Waals surface area contributed by atoms with Crippen LogP contribution in [-0.4, -0.2) is 37.0 Å². The Morgan fingerprint density at radius 3 is 2.65 bits per heavy atom. The third-order valence-corrected chi connectivity index (χ3v) is 2.36. The highest BCUT2D eigenvalue weighted by Gasteiger charge is 2.17. The lowest BCUT2D eigenvalue weighted by Gasteiger charge is -2.10. The standard InChI is InChI=1S/C12H15N3O5/c1-8(16)14-11-4-3-9(15(18)19)7-10(11)12(17)13-5-6-20-2/h3-4,7H,5-6H2,1-2H3,(H,13,17)(H,14,16). The van der Waals surface area contributed by atoms with Crippen LogP contribution in [0.4, 0.5) is 11.4 Å². The molecule has 20 heavy (non-hydrogen) atoms. The van der Waals surface area contributed by atoms with Gasteiger partial charge in [0.15, 0.2) is 0 Å². The Labute approximate surface area is 115 Å². The fraction of sp³-hybridized carbons (Fsp3) is 0.333. The van der Waals surface area contributed by atoms with Crippen LogP contribution < -0.4 is 10.6 Å². The van der Waals surface area contributed by atoms with Gasteiger partial charge in [0.2, 0.25) is 5.91 Å². The van der Waals surface area contributed by atoms with Crippen molar-refractivity contribution < 1.29 is 19.2 Å². The molecule has 1 aromatic carbocycles. The number of amides is 2. The van der Waals surface area contributed by atoms with Crippen LogP contribution in [0.3, 0.4) is 0 Å². The van der Waals surface area contributed by atoms with Crippen LogP contribution in [0.2, 0.25) is 0 Å². The van der Waals surface area contributed by atoms with Gasteiger partial charge in [-0.1, -0.05) is 0 Å². The van der Waals surface area contributed by atoms with Gasteiger partial charge in [-0.3, -0.25) is 19.7 Å². The number of nitro groups is 1. The molecule has 0 saturated carbocycles. The van der Waals surface area contributed by atoms with Gasteiger partial charge in [-0.15, -0.1) is 0 Å². The number of anilines is 1. The number of ether oxygens (including phenoxy) is 1. The molecule has 0 fully saturated rings. The van der Waals surface area contributed by atoms with Crippen LogP contribution >= 0.6 is 0 Å². The first-order valence-corrected chi connectivity index (χ1v) is 5.79. The summed E-state index contributed by atoms with van der Waals surface area (Å²) in [5, 5.41) is 15.7.